The van der Waals surface area contributed by atoms with E-state index in [1.807, 2.05) is 31.3 Å². The number of benzene rings is 1. The number of aromatic nitrogens is 2. The van der Waals surface area contributed by atoms with E-state index >= 15 is 0 Å². The fraction of sp³-hybridized carbons (Fsp3) is 0.375. The Balaban J connectivity index is 1.88. The third kappa shape index (κ3) is 3.31. The summed E-state index contributed by atoms with van der Waals surface area (Å²) in [6, 6.07) is 9.49. The zero-order valence-electron chi connectivity index (χ0n) is 12.0. The van der Waals surface area contributed by atoms with Crippen LogP contribution in [-0.2, 0) is 6.42 Å². The van der Waals surface area contributed by atoms with Gasteiger partial charge in [0.2, 0.25) is 5.88 Å². The molecule has 1 heterocycles. The van der Waals surface area contributed by atoms with Crippen LogP contribution in [0.2, 0.25) is 0 Å². The summed E-state index contributed by atoms with van der Waals surface area (Å²) in [7, 11) is 1.84. The molecule has 1 aliphatic carbocycles. The fourth-order valence-corrected chi connectivity index (χ4v) is 2.19. The molecule has 3 rings (SSSR count). The van der Waals surface area contributed by atoms with Gasteiger partial charge in [0.15, 0.2) is 0 Å². The van der Waals surface area contributed by atoms with Crippen LogP contribution in [0.1, 0.15) is 30.1 Å². The van der Waals surface area contributed by atoms with Gasteiger partial charge in [-0.25, -0.2) is 4.98 Å². The Labute approximate surface area is 124 Å². The Bertz CT molecular complexity index is 627. The summed E-state index contributed by atoms with van der Waals surface area (Å²) in [5.74, 6) is 3.35. The van der Waals surface area contributed by atoms with Gasteiger partial charge in [0, 0.05) is 25.6 Å². The number of ether oxygens (including phenoxy) is 1. The predicted octanol–water partition coefficient (Wildman–Crippen LogP) is 2.72. The number of nitrogens with one attached hydrogen (secondary N) is 1. The fourth-order valence-electron chi connectivity index (χ4n) is 2.19. The van der Waals surface area contributed by atoms with Gasteiger partial charge in [0.1, 0.15) is 17.4 Å². The van der Waals surface area contributed by atoms with E-state index in [-0.39, 0.29) is 6.61 Å². The van der Waals surface area contributed by atoms with E-state index in [9.17, 15) is 0 Å². The molecule has 1 aliphatic rings. The number of nitrogens with zero attached hydrogens (tertiary/aromatic N) is 2. The van der Waals surface area contributed by atoms with Gasteiger partial charge in [-0.3, -0.25) is 0 Å². The summed E-state index contributed by atoms with van der Waals surface area (Å²) in [5.41, 5.74) is 0.970. The molecule has 0 bridgehead atoms. The van der Waals surface area contributed by atoms with Crippen LogP contribution in [0.25, 0.3) is 0 Å². The number of hydrogen-bond donors (Lipinski definition) is 2. The molecule has 0 unspecified atom stereocenters. The number of hydrogen-bond acceptors (Lipinski definition) is 5. The molecule has 110 valence electrons. The van der Waals surface area contributed by atoms with Crippen molar-refractivity contribution in [3.05, 3.63) is 41.7 Å². The van der Waals surface area contributed by atoms with E-state index in [1.54, 1.807) is 6.07 Å². The molecule has 1 aromatic carbocycles. The average Bonchev–Trinajstić information content (AvgIpc) is 3.34. The molecule has 0 aliphatic heterocycles. The highest BCUT2D eigenvalue weighted by atomic mass is 16.5. The molecule has 1 fully saturated rings. The lowest BCUT2D eigenvalue weighted by atomic mass is 10.1. The summed E-state index contributed by atoms with van der Waals surface area (Å²) < 4.78 is 5.92. The quantitative estimate of drug-likeness (QED) is 0.854. The number of para-hydroxylation sites is 1. The van der Waals surface area contributed by atoms with Gasteiger partial charge in [-0.15, -0.1) is 0 Å². The molecule has 0 amide bonds. The van der Waals surface area contributed by atoms with Crippen molar-refractivity contribution in [2.45, 2.75) is 25.2 Å². The summed E-state index contributed by atoms with van der Waals surface area (Å²) in [4.78, 5) is 8.98. The molecular weight excluding hydrogens is 266 g/mol. The Hall–Kier alpha value is -2.14. The molecule has 0 radical (unpaired) electrons. The molecule has 5 nitrogen and oxygen atoms in total. The van der Waals surface area contributed by atoms with Gasteiger partial charge < -0.3 is 15.2 Å². The van der Waals surface area contributed by atoms with Crippen LogP contribution in [0, 0.1) is 0 Å². The van der Waals surface area contributed by atoms with Crippen LogP contribution in [0.5, 0.6) is 11.6 Å². The predicted molar refractivity (Wildman–Crippen MR) is 80.9 cm³/mol. The summed E-state index contributed by atoms with van der Waals surface area (Å²) in [6.07, 6.45) is 2.86. The van der Waals surface area contributed by atoms with E-state index < -0.39 is 0 Å². The standard InChI is InChI=1S/C16H19N3O2/c1-17-14-10-15(19-16(18-14)12-6-7-12)21-13-5-3-2-4-11(13)8-9-20/h2-5,10,12,20H,6-9H2,1H3,(H,17,18,19). The summed E-state index contributed by atoms with van der Waals surface area (Å²) in [5, 5.41) is 12.2. The summed E-state index contributed by atoms with van der Waals surface area (Å²) >= 11 is 0. The molecule has 0 spiro atoms. The maximum absolute atomic E-state index is 9.13. The van der Waals surface area contributed by atoms with Crippen LogP contribution in [0.15, 0.2) is 30.3 Å². The minimum absolute atomic E-state index is 0.0965. The Morgan fingerprint density at radius 2 is 2.10 bits per heavy atom. The van der Waals surface area contributed by atoms with E-state index in [4.69, 9.17) is 9.84 Å². The third-order valence-electron chi connectivity index (χ3n) is 3.49. The molecule has 1 saturated carbocycles. The molecule has 2 N–H and O–H groups in total. The molecule has 21 heavy (non-hydrogen) atoms. The normalized spacial score (nSPS) is 14.0. The molecule has 0 saturated heterocycles. The Morgan fingerprint density at radius 3 is 2.81 bits per heavy atom. The van der Waals surface area contributed by atoms with Crippen LogP contribution >= 0.6 is 0 Å². The van der Waals surface area contributed by atoms with Gasteiger partial charge in [-0.2, -0.15) is 4.98 Å². The molecular formula is C16H19N3O2. The minimum Gasteiger partial charge on any atom is -0.439 e. The van der Waals surface area contributed by atoms with Crippen LogP contribution in [0.3, 0.4) is 0 Å². The van der Waals surface area contributed by atoms with Gasteiger partial charge in [0.05, 0.1) is 0 Å². The topological polar surface area (TPSA) is 67.3 Å². The number of rotatable bonds is 6. The van der Waals surface area contributed by atoms with Crippen molar-refractivity contribution >= 4 is 5.82 Å². The largest absolute Gasteiger partial charge is 0.439 e. The molecule has 5 heteroatoms. The van der Waals surface area contributed by atoms with Gasteiger partial charge in [-0.05, 0) is 30.9 Å². The second-order valence-electron chi connectivity index (χ2n) is 5.16. The lowest BCUT2D eigenvalue weighted by molar-refractivity contribution is 0.297. The smallest absolute Gasteiger partial charge is 0.224 e. The highest BCUT2D eigenvalue weighted by Crippen LogP contribution is 2.39. The Kier molecular flexibility index (Phi) is 4.01. The van der Waals surface area contributed by atoms with E-state index in [0.717, 1.165) is 35.8 Å². The first kappa shape index (κ1) is 13.8. The first-order chi connectivity index (χ1) is 10.3. The van der Waals surface area contributed by atoms with Crippen molar-refractivity contribution in [1.29, 1.82) is 0 Å². The van der Waals surface area contributed by atoms with E-state index in [2.05, 4.69) is 15.3 Å². The van der Waals surface area contributed by atoms with E-state index in [0.29, 0.717) is 18.2 Å². The van der Waals surface area contributed by atoms with Crippen molar-refractivity contribution in [3.63, 3.8) is 0 Å². The van der Waals surface area contributed by atoms with Crippen molar-refractivity contribution in [3.8, 4) is 11.6 Å². The van der Waals surface area contributed by atoms with Gasteiger partial charge >= 0.3 is 0 Å². The maximum Gasteiger partial charge on any atom is 0.224 e. The maximum atomic E-state index is 9.13. The first-order valence-corrected chi connectivity index (χ1v) is 7.23. The zero-order chi connectivity index (χ0) is 14.7. The molecule has 1 aromatic heterocycles. The Morgan fingerprint density at radius 1 is 1.29 bits per heavy atom. The highest BCUT2D eigenvalue weighted by molar-refractivity contribution is 5.42. The zero-order valence-corrected chi connectivity index (χ0v) is 12.0. The van der Waals surface area contributed by atoms with E-state index in [1.165, 1.54) is 0 Å². The van der Waals surface area contributed by atoms with Crippen molar-refractivity contribution < 1.29 is 9.84 Å². The lowest BCUT2D eigenvalue weighted by Gasteiger charge is -2.11. The van der Waals surface area contributed by atoms with Crippen molar-refractivity contribution in [1.82, 2.24) is 9.97 Å². The van der Waals surface area contributed by atoms with Gasteiger partial charge in [0.25, 0.3) is 0 Å². The van der Waals surface area contributed by atoms with Crippen LogP contribution in [0.4, 0.5) is 5.82 Å². The van der Waals surface area contributed by atoms with Crippen molar-refractivity contribution in [2.75, 3.05) is 19.0 Å². The average molecular weight is 285 g/mol. The second-order valence-corrected chi connectivity index (χ2v) is 5.16. The van der Waals surface area contributed by atoms with Gasteiger partial charge in [-0.1, -0.05) is 18.2 Å². The van der Waals surface area contributed by atoms with Crippen LogP contribution in [-0.4, -0.2) is 28.7 Å². The molecule has 2 aromatic rings. The highest BCUT2D eigenvalue weighted by Gasteiger charge is 2.27. The van der Waals surface area contributed by atoms with Crippen molar-refractivity contribution in [2.24, 2.45) is 0 Å². The number of aliphatic hydroxyl groups excluding tert-OH is 1. The SMILES string of the molecule is CNc1cc(Oc2ccccc2CCO)nc(C2CC2)n1. The molecule has 0 atom stereocenters. The summed E-state index contributed by atoms with van der Waals surface area (Å²) in [6.45, 7) is 0.0965. The second kappa shape index (κ2) is 6.10. The number of aliphatic hydroxyl groups is 1. The third-order valence-corrected chi connectivity index (χ3v) is 3.49. The first-order valence-electron chi connectivity index (χ1n) is 7.23. The lowest BCUT2D eigenvalue weighted by Crippen LogP contribution is -2.02. The minimum atomic E-state index is 0.0965. The number of anilines is 1. The van der Waals surface area contributed by atoms with Crippen LogP contribution < -0.4 is 10.1 Å². The monoisotopic (exact) mass is 285 g/mol.